The van der Waals surface area contributed by atoms with Crippen molar-refractivity contribution in [2.24, 2.45) is 0 Å². The average Bonchev–Trinajstić information content (AvgIpc) is 3.35. The molecule has 198 valence electrons. The maximum atomic E-state index is 12.7. The molecule has 4 rings (SSSR count). The van der Waals surface area contributed by atoms with Crippen LogP contribution in [0.15, 0.2) is 59.6 Å². The number of ether oxygens (including phenoxy) is 1. The third-order valence-electron chi connectivity index (χ3n) is 5.83. The molecule has 3 aromatic rings. The molecule has 1 aromatic heterocycles. The maximum absolute atomic E-state index is 12.7. The summed E-state index contributed by atoms with van der Waals surface area (Å²) in [4.78, 5) is 9.16. The van der Waals surface area contributed by atoms with E-state index in [2.05, 4.69) is 30.6 Å². The molecule has 0 saturated carbocycles. The lowest BCUT2D eigenvalue weighted by molar-refractivity contribution is 0.292. The van der Waals surface area contributed by atoms with Crippen molar-refractivity contribution in [2.45, 2.75) is 63.4 Å². The summed E-state index contributed by atoms with van der Waals surface area (Å²) >= 11 is 0. The first-order valence-electron chi connectivity index (χ1n) is 12.6. The van der Waals surface area contributed by atoms with E-state index >= 15 is 0 Å². The number of anilines is 4. The lowest BCUT2D eigenvalue weighted by Gasteiger charge is -2.20. The van der Waals surface area contributed by atoms with Gasteiger partial charge in [0.15, 0.2) is 0 Å². The number of rotatable bonds is 10. The standard InChI is InChI=1S/C27H36N6O3S/c1-19-18-29-26(31-21-10-12-23(13-11-21)36-16-14-20-8-6-15-28-20)32-25(19)30-22-7-5-9-24(17-22)37(34,35)33-27(2,3)4/h5,7,9-13,17-18,20,28,33H,6,8,14-16H2,1-4H3,(H2,29,30,31,32). The van der Waals surface area contributed by atoms with Gasteiger partial charge in [-0.2, -0.15) is 4.98 Å². The highest BCUT2D eigenvalue weighted by Gasteiger charge is 2.22. The molecule has 2 aromatic carbocycles. The zero-order chi connectivity index (χ0) is 26.5. The van der Waals surface area contributed by atoms with Gasteiger partial charge in [-0.3, -0.25) is 0 Å². The van der Waals surface area contributed by atoms with Gasteiger partial charge in [-0.15, -0.1) is 0 Å². The number of sulfonamides is 1. The normalized spacial score (nSPS) is 15.9. The summed E-state index contributed by atoms with van der Waals surface area (Å²) in [5.74, 6) is 1.83. The fourth-order valence-corrected chi connectivity index (χ4v) is 5.52. The van der Waals surface area contributed by atoms with E-state index in [1.807, 2.05) is 31.2 Å². The van der Waals surface area contributed by atoms with Crippen LogP contribution in [0.4, 0.5) is 23.1 Å². The number of aromatic nitrogens is 2. The molecule has 0 spiro atoms. The predicted molar refractivity (Wildman–Crippen MR) is 147 cm³/mol. The molecule has 37 heavy (non-hydrogen) atoms. The molecule has 4 N–H and O–H groups in total. The second kappa shape index (κ2) is 11.5. The molecule has 1 saturated heterocycles. The highest BCUT2D eigenvalue weighted by Crippen LogP contribution is 2.24. The van der Waals surface area contributed by atoms with Crippen LogP contribution in [0.25, 0.3) is 0 Å². The average molecular weight is 525 g/mol. The molecular formula is C27H36N6O3S. The maximum Gasteiger partial charge on any atom is 0.241 e. The van der Waals surface area contributed by atoms with Crippen LogP contribution in [0.5, 0.6) is 5.75 Å². The minimum atomic E-state index is -3.65. The molecule has 0 aliphatic carbocycles. The first-order chi connectivity index (χ1) is 17.6. The third kappa shape index (κ3) is 7.88. The smallest absolute Gasteiger partial charge is 0.241 e. The molecule has 1 atom stereocenters. The van der Waals surface area contributed by atoms with Gasteiger partial charge in [0.2, 0.25) is 16.0 Å². The van der Waals surface area contributed by atoms with E-state index in [1.54, 1.807) is 51.2 Å². The van der Waals surface area contributed by atoms with Crippen LogP contribution in [0.3, 0.4) is 0 Å². The van der Waals surface area contributed by atoms with E-state index in [0.717, 1.165) is 30.0 Å². The van der Waals surface area contributed by atoms with Crippen LogP contribution >= 0.6 is 0 Å². The molecule has 1 aliphatic heterocycles. The van der Waals surface area contributed by atoms with Crippen LogP contribution in [-0.4, -0.2) is 43.1 Å². The van der Waals surface area contributed by atoms with E-state index in [4.69, 9.17) is 4.74 Å². The molecule has 9 nitrogen and oxygen atoms in total. The van der Waals surface area contributed by atoms with E-state index < -0.39 is 15.6 Å². The van der Waals surface area contributed by atoms with Gasteiger partial charge in [-0.1, -0.05) is 6.07 Å². The van der Waals surface area contributed by atoms with Crippen LogP contribution in [0.2, 0.25) is 0 Å². The Bertz CT molecular complexity index is 1300. The van der Waals surface area contributed by atoms with Gasteiger partial charge < -0.3 is 20.7 Å². The minimum Gasteiger partial charge on any atom is -0.494 e. The topological polar surface area (TPSA) is 117 Å². The van der Waals surface area contributed by atoms with Crippen LogP contribution in [-0.2, 0) is 10.0 Å². The van der Waals surface area contributed by atoms with Crippen LogP contribution < -0.4 is 25.4 Å². The Kier molecular flexibility index (Phi) is 8.31. The van der Waals surface area contributed by atoms with Crippen molar-refractivity contribution < 1.29 is 13.2 Å². The Hall–Kier alpha value is -3.21. The Labute approximate surface area is 219 Å². The lowest BCUT2D eigenvalue weighted by atomic mass is 10.1. The molecule has 1 unspecified atom stereocenters. The van der Waals surface area contributed by atoms with Crippen LogP contribution in [0, 0.1) is 6.92 Å². The summed E-state index contributed by atoms with van der Waals surface area (Å²) in [6, 6.07) is 14.9. The molecule has 0 radical (unpaired) electrons. The molecule has 0 bridgehead atoms. The number of hydrogen-bond donors (Lipinski definition) is 4. The molecular weight excluding hydrogens is 488 g/mol. The number of hydrogen-bond acceptors (Lipinski definition) is 8. The van der Waals surface area contributed by atoms with Gasteiger partial charge >= 0.3 is 0 Å². The molecule has 10 heteroatoms. The lowest BCUT2D eigenvalue weighted by Crippen LogP contribution is -2.40. The van der Waals surface area contributed by atoms with E-state index in [-0.39, 0.29) is 4.90 Å². The minimum absolute atomic E-state index is 0.180. The highest BCUT2D eigenvalue weighted by atomic mass is 32.2. The number of benzene rings is 2. The third-order valence-corrected chi connectivity index (χ3v) is 7.58. The zero-order valence-electron chi connectivity index (χ0n) is 21.8. The summed E-state index contributed by atoms with van der Waals surface area (Å²) in [7, 11) is -3.65. The molecule has 1 aliphatic rings. The summed E-state index contributed by atoms with van der Waals surface area (Å²) in [5.41, 5.74) is 1.69. The van der Waals surface area contributed by atoms with Crippen molar-refractivity contribution in [3.05, 3.63) is 60.3 Å². The number of aryl methyl sites for hydroxylation is 1. The van der Waals surface area contributed by atoms with Crippen molar-refractivity contribution in [2.75, 3.05) is 23.8 Å². The first-order valence-corrected chi connectivity index (χ1v) is 14.0. The fourth-order valence-electron chi connectivity index (χ4n) is 4.05. The Balaban J connectivity index is 1.39. The largest absolute Gasteiger partial charge is 0.494 e. The monoisotopic (exact) mass is 524 g/mol. The van der Waals surface area contributed by atoms with E-state index in [9.17, 15) is 8.42 Å². The molecule has 1 fully saturated rings. The summed E-state index contributed by atoms with van der Waals surface area (Å²) in [6.07, 6.45) is 5.19. The first kappa shape index (κ1) is 26.8. The van der Waals surface area contributed by atoms with Crippen molar-refractivity contribution >= 4 is 33.2 Å². The van der Waals surface area contributed by atoms with Crippen LogP contribution in [0.1, 0.15) is 45.6 Å². The van der Waals surface area contributed by atoms with Crippen molar-refractivity contribution in [3.8, 4) is 5.75 Å². The van der Waals surface area contributed by atoms with Crippen molar-refractivity contribution in [1.82, 2.24) is 20.0 Å². The molecule has 0 amide bonds. The number of nitrogens with one attached hydrogen (secondary N) is 4. The highest BCUT2D eigenvalue weighted by molar-refractivity contribution is 7.89. The molecule has 2 heterocycles. The number of nitrogens with zero attached hydrogens (tertiary/aromatic N) is 2. The van der Waals surface area contributed by atoms with Gasteiger partial charge in [0.25, 0.3) is 0 Å². The SMILES string of the molecule is Cc1cnc(Nc2ccc(OCCC3CCCN3)cc2)nc1Nc1cccc(S(=O)(=O)NC(C)(C)C)c1. The van der Waals surface area contributed by atoms with Crippen molar-refractivity contribution in [3.63, 3.8) is 0 Å². The van der Waals surface area contributed by atoms with Gasteiger partial charge in [0.05, 0.1) is 11.5 Å². The van der Waals surface area contributed by atoms with E-state index in [1.165, 1.54) is 12.8 Å². The van der Waals surface area contributed by atoms with E-state index in [0.29, 0.717) is 30.1 Å². The summed E-state index contributed by atoms with van der Waals surface area (Å²) in [6.45, 7) is 9.10. The zero-order valence-corrected chi connectivity index (χ0v) is 22.7. The van der Waals surface area contributed by atoms with Gasteiger partial charge in [0.1, 0.15) is 11.6 Å². The summed E-state index contributed by atoms with van der Waals surface area (Å²) < 4.78 is 34.0. The van der Waals surface area contributed by atoms with Gasteiger partial charge in [-0.05, 0) is 96.0 Å². The van der Waals surface area contributed by atoms with Gasteiger partial charge in [-0.25, -0.2) is 18.1 Å². The fraction of sp³-hybridized carbons (Fsp3) is 0.407. The van der Waals surface area contributed by atoms with Crippen molar-refractivity contribution in [1.29, 1.82) is 0 Å². The van der Waals surface area contributed by atoms with Gasteiger partial charge in [0, 0.05) is 34.7 Å². The quantitative estimate of drug-likeness (QED) is 0.297. The Morgan fingerprint density at radius 1 is 1.08 bits per heavy atom. The predicted octanol–water partition coefficient (Wildman–Crippen LogP) is 4.87. The Morgan fingerprint density at radius 3 is 2.57 bits per heavy atom. The summed E-state index contributed by atoms with van der Waals surface area (Å²) in [5, 5.41) is 9.92. The second-order valence-corrected chi connectivity index (χ2v) is 12.0. The Morgan fingerprint density at radius 2 is 1.86 bits per heavy atom. The second-order valence-electron chi connectivity index (χ2n) is 10.3.